The monoisotopic (exact) mass is 441 g/mol. The summed E-state index contributed by atoms with van der Waals surface area (Å²) in [5.41, 5.74) is 0. The molecule has 0 aliphatic carbocycles. The first-order chi connectivity index (χ1) is 14.7. The Morgan fingerprint density at radius 2 is 1.23 bits per heavy atom. The van der Waals surface area contributed by atoms with Gasteiger partial charge in [-0.2, -0.15) is 0 Å². The summed E-state index contributed by atoms with van der Waals surface area (Å²) < 4.78 is 29.9. The fourth-order valence-corrected chi connectivity index (χ4v) is 4.75. The third kappa shape index (κ3) is 6.87. The van der Waals surface area contributed by atoms with Crippen molar-refractivity contribution in [1.29, 1.82) is 0 Å². The lowest BCUT2D eigenvalue weighted by Gasteiger charge is -2.36. The fraction of sp³-hybridized carbons (Fsp3) is 0.958. The summed E-state index contributed by atoms with van der Waals surface area (Å²) in [4.78, 5) is 12.9. The molecule has 0 aromatic carbocycles. The molecule has 0 aromatic rings. The van der Waals surface area contributed by atoms with Gasteiger partial charge in [0, 0.05) is 6.54 Å². The van der Waals surface area contributed by atoms with Gasteiger partial charge in [0.1, 0.15) is 18.3 Å². The van der Waals surface area contributed by atoms with E-state index in [0.717, 1.165) is 12.8 Å². The molecule has 5 unspecified atom stereocenters. The van der Waals surface area contributed by atoms with E-state index in [2.05, 4.69) is 12.2 Å². The average Bonchev–Trinajstić information content (AvgIpc) is 3.19. The first-order valence-electron chi connectivity index (χ1n) is 12.4. The zero-order valence-electron chi connectivity index (χ0n) is 20.1. The van der Waals surface area contributed by atoms with Crippen LogP contribution < -0.4 is 5.32 Å². The molecule has 3 saturated heterocycles. The Morgan fingerprint density at radius 1 is 0.710 bits per heavy atom. The van der Waals surface area contributed by atoms with Crippen molar-refractivity contribution in [3.8, 4) is 0 Å². The number of carbonyl (C=O) groups excluding carboxylic acids is 1. The first-order valence-corrected chi connectivity index (χ1v) is 12.4. The third-order valence-electron chi connectivity index (χ3n) is 6.24. The molecule has 7 nitrogen and oxygen atoms in total. The molecule has 1 amide bonds. The van der Waals surface area contributed by atoms with Crippen LogP contribution in [-0.4, -0.2) is 54.7 Å². The number of unbranched alkanes of at least 4 members (excludes halogenated alkanes) is 9. The van der Waals surface area contributed by atoms with E-state index >= 15 is 0 Å². The minimum Gasteiger partial charge on any atom is -0.354 e. The number of fused-ring (bicyclic) bond motifs is 3. The Hall–Kier alpha value is -0.730. The fourth-order valence-electron chi connectivity index (χ4n) is 4.75. The lowest BCUT2D eigenvalue weighted by molar-refractivity contribution is -0.231. The van der Waals surface area contributed by atoms with Crippen LogP contribution in [0.1, 0.15) is 98.8 Å². The van der Waals surface area contributed by atoms with Crippen molar-refractivity contribution < 1.29 is 28.5 Å². The van der Waals surface area contributed by atoms with Crippen LogP contribution in [0.5, 0.6) is 0 Å². The number of nitrogens with one attached hydrogen (secondary N) is 1. The van der Waals surface area contributed by atoms with Crippen LogP contribution in [0.2, 0.25) is 0 Å². The molecule has 0 aromatic heterocycles. The van der Waals surface area contributed by atoms with Crippen LogP contribution in [0.25, 0.3) is 0 Å². The second-order valence-electron chi connectivity index (χ2n) is 10.1. The smallest absolute Gasteiger partial charge is 0.252 e. The van der Waals surface area contributed by atoms with Gasteiger partial charge in [-0.3, -0.25) is 4.79 Å². The number of ether oxygens (including phenoxy) is 5. The molecule has 0 bridgehead atoms. The van der Waals surface area contributed by atoms with Crippen molar-refractivity contribution in [2.24, 2.45) is 0 Å². The van der Waals surface area contributed by atoms with Gasteiger partial charge in [-0.05, 0) is 34.1 Å². The van der Waals surface area contributed by atoms with Gasteiger partial charge in [-0.15, -0.1) is 0 Å². The minimum atomic E-state index is -0.793. The molecule has 5 atom stereocenters. The normalized spacial score (nSPS) is 33.1. The Morgan fingerprint density at radius 3 is 1.87 bits per heavy atom. The van der Waals surface area contributed by atoms with Crippen LogP contribution >= 0.6 is 0 Å². The zero-order valence-corrected chi connectivity index (χ0v) is 20.1. The van der Waals surface area contributed by atoms with E-state index in [-0.39, 0.29) is 5.91 Å². The Labute approximate surface area is 187 Å². The minimum absolute atomic E-state index is 0.168. The highest BCUT2D eigenvalue weighted by Gasteiger charge is 2.62. The van der Waals surface area contributed by atoms with E-state index in [1.807, 2.05) is 27.7 Å². The highest BCUT2D eigenvalue weighted by molar-refractivity contribution is 5.81. The molecule has 0 saturated carbocycles. The van der Waals surface area contributed by atoms with Crippen molar-refractivity contribution >= 4 is 5.91 Å². The van der Waals surface area contributed by atoms with Gasteiger partial charge >= 0.3 is 0 Å². The van der Waals surface area contributed by atoms with Crippen LogP contribution in [0.15, 0.2) is 0 Å². The summed E-state index contributed by atoms with van der Waals surface area (Å²) in [6.45, 7) is 10.3. The Bertz CT molecular complexity index is 580. The van der Waals surface area contributed by atoms with Gasteiger partial charge in [-0.1, -0.05) is 64.7 Å². The number of amides is 1. The molecule has 7 heteroatoms. The lowest BCUT2D eigenvalue weighted by Crippen LogP contribution is -2.59. The predicted octanol–water partition coefficient (Wildman–Crippen LogP) is 4.42. The topological polar surface area (TPSA) is 75.3 Å². The van der Waals surface area contributed by atoms with Crippen molar-refractivity contribution in [1.82, 2.24) is 5.32 Å². The number of rotatable bonds is 12. The van der Waals surface area contributed by atoms with E-state index in [0.29, 0.717) is 6.54 Å². The molecule has 31 heavy (non-hydrogen) atoms. The molecular formula is C24H43NO6. The Kier molecular flexibility index (Phi) is 8.78. The van der Waals surface area contributed by atoms with Gasteiger partial charge in [0.25, 0.3) is 5.91 Å². The maximum atomic E-state index is 12.9. The third-order valence-corrected chi connectivity index (χ3v) is 6.24. The summed E-state index contributed by atoms with van der Waals surface area (Å²) in [5.74, 6) is -1.74. The van der Waals surface area contributed by atoms with E-state index in [1.54, 1.807) is 0 Å². The van der Waals surface area contributed by atoms with Gasteiger partial charge in [0.15, 0.2) is 24.0 Å². The maximum absolute atomic E-state index is 12.9. The highest BCUT2D eigenvalue weighted by Crippen LogP contribution is 2.44. The highest BCUT2D eigenvalue weighted by atomic mass is 16.9. The Balaban J connectivity index is 1.38. The van der Waals surface area contributed by atoms with Gasteiger partial charge in [0.05, 0.1) is 0 Å². The van der Waals surface area contributed by atoms with Crippen LogP contribution in [0, 0.1) is 0 Å². The quantitative estimate of drug-likeness (QED) is 0.452. The molecule has 3 rings (SSSR count). The van der Waals surface area contributed by atoms with Gasteiger partial charge < -0.3 is 29.0 Å². The molecule has 3 aliphatic heterocycles. The SMILES string of the molecule is CCCCCCCCCCCCNC(=O)C1OC2OC(C)(C)OC2C2OC(C)(C)OC12. The van der Waals surface area contributed by atoms with E-state index < -0.39 is 42.3 Å². The molecule has 0 radical (unpaired) electrons. The summed E-state index contributed by atoms with van der Waals surface area (Å²) in [6.07, 6.45) is 9.96. The lowest BCUT2D eigenvalue weighted by atomic mass is 9.98. The summed E-state index contributed by atoms with van der Waals surface area (Å²) in [6, 6.07) is 0. The van der Waals surface area contributed by atoms with Crippen LogP contribution in [0.4, 0.5) is 0 Å². The molecule has 1 N–H and O–H groups in total. The van der Waals surface area contributed by atoms with Crippen molar-refractivity contribution in [3.63, 3.8) is 0 Å². The molecular weight excluding hydrogens is 398 g/mol. The zero-order chi connectivity index (χ0) is 22.5. The average molecular weight is 442 g/mol. The molecule has 0 spiro atoms. The molecule has 3 aliphatic rings. The van der Waals surface area contributed by atoms with Crippen molar-refractivity contribution in [2.75, 3.05) is 6.54 Å². The summed E-state index contributed by atoms with van der Waals surface area (Å²) in [7, 11) is 0. The van der Waals surface area contributed by atoms with Gasteiger partial charge in [-0.25, -0.2) is 0 Å². The van der Waals surface area contributed by atoms with Crippen molar-refractivity contribution in [2.45, 2.75) is 141 Å². The number of hydrogen-bond donors (Lipinski definition) is 1. The molecule has 3 fully saturated rings. The van der Waals surface area contributed by atoms with E-state index in [4.69, 9.17) is 23.7 Å². The predicted molar refractivity (Wildman–Crippen MR) is 117 cm³/mol. The van der Waals surface area contributed by atoms with E-state index in [9.17, 15) is 4.79 Å². The maximum Gasteiger partial charge on any atom is 0.252 e. The summed E-state index contributed by atoms with van der Waals surface area (Å²) >= 11 is 0. The van der Waals surface area contributed by atoms with Crippen molar-refractivity contribution in [3.05, 3.63) is 0 Å². The molecule has 180 valence electrons. The van der Waals surface area contributed by atoms with E-state index in [1.165, 1.54) is 51.4 Å². The standard InChI is InChI=1S/C24H43NO6/c1-6-7-8-9-10-11-12-13-14-15-16-25-21(26)19-17-18(29-23(2,3)28-17)20-22(27-19)31-24(4,5)30-20/h17-20,22H,6-16H2,1-5H3,(H,25,26). The molecule has 3 heterocycles. The van der Waals surface area contributed by atoms with Gasteiger partial charge in [0.2, 0.25) is 0 Å². The van der Waals surface area contributed by atoms with Crippen LogP contribution in [-0.2, 0) is 28.5 Å². The largest absolute Gasteiger partial charge is 0.354 e. The second kappa shape index (κ2) is 10.9. The van der Waals surface area contributed by atoms with Crippen LogP contribution in [0.3, 0.4) is 0 Å². The number of carbonyl (C=O) groups is 1. The number of hydrogen-bond acceptors (Lipinski definition) is 6. The second-order valence-corrected chi connectivity index (χ2v) is 10.1. The first kappa shape index (κ1) is 24.9. The summed E-state index contributed by atoms with van der Waals surface area (Å²) in [5, 5.41) is 3.02.